The maximum Gasteiger partial charge on any atom is 0.172 e. The Morgan fingerprint density at radius 3 is 2.47 bits per heavy atom. The number of rotatable bonds is 3. The molecule has 0 saturated carbocycles. The van der Waals surface area contributed by atoms with Crippen molar-refractivity contribution in [2.24, 2.45) is 5.92 Å². The summed E-state index contributed by atoms with van der Waals surface area (Å²) in [6, 6.07) is 2.00. The van der Waals surface area contributed by atoms with Gasteiger partial charge < -0.3 is 5.73 Å². The maximum atomic E-state index is 5.96. The molecule has 0 spiro atoms. The smallest absolute Gasteiger partial charge is 0.172 e. The molecule has 19 heavy (non-hydrogen) atoms. The summed E-state index contributed by atoms with van der Waals surface area (Å²) < 4.78 is 2.83. The minimum absolute atomic E-state index is 0.487. The molecule has 0 fully saturated rings. The first-order valence-electron chi connectivity index (χ1n) is 5.65. The van der Waals surface area contributed by atoms with Crippen molar-refractivity contribution in [2.75, 3.05) is 5.73 Å². The molecule has 0 atom stereocenters. The molecule has 3 nitrogen and oxygen atoms in total. The lowest BCUT2D eigenvalue weighted by molar-refractivity contribution is 0.633. The van der Waals surface area contributed by atoms with Gasteiger partial charge in [0.15, 0.2) is 5.82 Å². The second-order valence-corrected chi connectivity index (χ2v) is 8.54. The van der Waals surface area contributed by atoms with Crippen molar-refractivity contribution in [3.63, 3.8) is 0 Å². The van der Waals surface area contributed by atoms with Crippen molar-refractivity contribution in [3.05, 3.63) is 24.5 Å². The van der Waals surface area contributed by atoms with Gasteiger partial charge in [0.2, 0.25) is 0 Å². The zero-order valence-electron chi connectivity index (χ0n) is 10.4. The molecular weight excluding hydrogens is 458 g/mol. The van der Waals surface area contributed by atoms with E-state index in [1.54, 1.807) is 11.3 Å². The molecule has 0 saturated heterocycles. The highest BCUT2D eigenvalue weighted by molar-refractivity contribution is 9.13. The lowest BCUT2D eigenvalue weighted by Gasteiger charge is -2.09. The third kappa shape index (κ3) is 3.56. The Kier molecular flexibility index (Phi) is 5.03. The molecule has 2 N–H and O–H groups in total. The molecule has 0 bridgehead atoms. The summed E-state index contributed by atoms with van der Waals surface area (Å²) in [5.41, 5.74) is 6.92. The third-order valence-corrected chi connectivity index (χ3v) is 6.53. The Morgan fingerprint density at radius 2 is 1.95 bits per heavy atom. The summed E-state index contributed by atoms with van der Waals surface area (Å²) in [6.45, 7) is 4.31. The molecular formula is C12H12Br3N3S. The van der Waals surface area contributed by atoms with Crippen LogP contribution in [0.3, 0.4) is 0 Å². The van der Waals surface area contributed by atoms with Gasteiger partial charge in [0.25, 0.3) is 0 Å². The first-order valence-corrected chi connectivity index (χ1v) is 8.85. The van der Waals surface area contributed by atoms with Gasteiger partial charge in [-0.1, -0.05) is 13.8 Å². The Labute approximate surface area is 141 Å². The monoisotopic (exact) mass is 467 g/mol. The quantitative estimate of drug-likeness (QED) is 0.665. The molecule has 2 rings (SSSR count). The van der Waals surface area contributed by atoms with Crippen LogP contribution in [0, 0.1) is 5.92 Å². The predicted molar refractivity (Wildman–Crippen MR) is 91.4 cm³/mol. The standard InChI is InChI=1S/C12H12Br3N3S/c1-5(2)3-7-9(14)11(16)18-12(17-7)8-4-6(13)10(15)19-8/h4-5H,3H2,1-2H3,(H2,16,17,18). The highest BCUT2D eigenvalue weighted by Crippen LogP contribution is 2.38. The molecule has 0 aliphatic heterocycles. The van der Waals surface area contributed by atoms with Gasteiger partial charge >= 0.3 is 0 Å². The minimum atomic E-state index is 0.487. The van der Waals surface area contributed by atoms with Crippen LogP contribution in [0.5, 0.6) is 0 Å². The van der Waals surface area contributed by atoms with Crippen molar-refractivity contribution in [2.45, 2.75) is 20.3 Å². The maximum absolute atomic E-state index is 5.96. The molecule has 0 aromatic carbocycles. The number of hydrogen-bond acceptors (Lipinski definition) is 4. The molecule has 2 aromatic heterocycles. The molecule has 0 aliphatic rings. The topological polar surface area (TPSA) is 51.8 Å². The highest BCUT2D eigenvalue weighted by atomic mass is 79.9. The van der Waals surface area contributed by atoms with E-state index in [0.29, 0.717) is 17.6 Å². The van der Waals surface area contributed by atoms with Crippen LogP contribution >= 0.6 is 59.1 Å². The van der Waals surface area contributed by atoms with E-state index >= 15 is 0 Å². The Morgan fingerprint density at radius 1 is 1.26 bits per heavy atom. The molecule has 102 valence electrons. The molecule has 2 heterocycles. The van der Waals surface area contributed by atoms with Crippen LogP contribution < -0.4 is 5.73 Å². The molecule has 0 unspecified atom stereocenters. The van der Waals surface area contributed by atoms with E-state index in [-0.39, 0.29) is 0 Å². The van der Waals surface area contributed by atoms with Crippen LogP contribution in [0.15, 0.2) is 18.8 Å². The summed E-state index contributed by atoms with van der Waals surface area (Å²) in [4.78, 5) is 9.97. The summed E-state index contributed by atoms with van der Waals surface area (Å²) in [5, 5.41) is 0. The van der Waals surface area contributed by atoms with Gasteiger partial charge in [-0.3, -0.25) is 0 Å². The first kappa shape index (κ1) is 15.4. The van der Waals surface area contributed by atoms with E-state index in [9.17, 15) is 0 Å². The zero-order valence-corrected chi connectivity index (χ0v) is 16.0. The van der Waals surface area contributed by atoms with Gasteiger partial charge in [-0.2, -0.15) is 0 Å². The summed E-state index contributed by atoms with van der Waals surface area (Å²) in [5.74, 6) is 1.68. The molecule has 2 aromatic rings. The largest absolute Gasteiger partial charge is 0.383 e. The fourth-order valence-corrected chi connectivity index (χ4v) is 3.91. The van der Waals surface area contributed by atoms with Gasteiger partial charge in [0, 0.05) is 4.47 Å². The molecule has 0 radical (unpaired) electrons. The first-order chi connectivity index (χ1) is 8.88. The summed E-state index contributed by atoms with van der Waals surface area (Å²) in [7, 11) is 0. The predicted octanol–water partition coefficient (Wildman–Crippen LogP) is 5.27. The van der Waals surface area contributed by atoms with E-state index in [1.807, 2.05) is 6.07 Å². The van der Waals surface area contributed by atoms with E-state index in [1.165, 1.54) is 0 Å². The van der Waals surface area contributed by atoms with Crippen molar-refractivity contribution in [1.29, 1.82) is 0 Å². The summed E-state index contributed by atoms with van der Waals surface area (Å²) >= 11 is 12.0. The van der Waals surface area contributed by atoms with E-state index < -0.39 is 0 Å². The number of nitrogens with two attached hydrogens (primary N) is 1. The van der Waals surface area contributed by atoms with Gasteiger partial charge in [-0.15, -0.1) is 11.3 Å². The average molecular weight is 470 g/mol. The fourth-order valence-electron chi connectivity index (χ4n) is 1.60. The van der Waals surface area contributed by atoms with Crippen LogP contribution in [0.25, 0.3) is 10.7 Å². The van der Waals surface area contributed by atoms with Crippen LogP contribution in [-0.4, -0.2) is 9.97 Å². The SMILES string of the molecule is CC(C)Cc1nc(-c2cc(Br)c(Br)s2)nc(N)c1Br. The van der Waals surface area contributed by atoms with E-state index in [0.717, 1.165) is 29.7 Å². The number of hydrogen-bond donors (Lipinski definition) is 1. The minimum Gasteiger partial charge on any atom is -0.383 e. The molecule has 7 heteroatoms. The normalized spacial score (nSPS) is 11.3. The summed E-state index contributed by atoms with van der Waals surface area (Å²) in [6.07, 6.45) is 0.869. The fraction of sp³-hybridized carbons (Fsp3) is 0.333. The van der Waals surface area contributed by atoms with Crippen LogP contribution in [-0.2, 0) is 6.42 Å². The average Bonchev–Trinajstić information content (AvgIpc) is 2.65. The number of anilines is 1. The Bertz CT molecular complexity index is 591. The molecule has 0 aliphatic carbocycles. The number of aromatic nitrogens is 2. The highest BCUT2D eigenvalue weighted by Gasteiger charge is 2.15. The molecule has 0 amide bonds. The van der Waals surface area contributed by atoms with Crippen molar-refractivity contribution in [1.82, 2.24) is 9.97 Å². The lowest BCUT2D eigenvalue weighted by atomic mass is 10.1. The van der Waals surface area contributed by atoms with Crippen molar-refractivity contribution in [3.8, 4) is 10.7 Å². The zero-order chi connectivity index (χ0) is 14.2. The van der Waals surface area contributed by atoms with Crippen LogP contribution in [0.4, 0.5) is 5.82 Å². The van der Waals surface area contributed by atoms with Gasteiger partial charge in [0.05, 0.1) is 18.8 Å². The second kappa shape index (κ2) is 6.20. The lowest BCUT2D eigenvalue weighted by Crippen LogP contribution is -2.05. The number of halogens is 3. The van der Waals surface area contributed by atoms with Gasteiger partial charge in [-0.05, 0) is 66.2 Å². The van der Waals surface area contributed by atoms with E-state index in [2.05, 4.69) is 71.6 Å². The number of nitrogen functional groups attached to an aromatic ring is 1. The van der Waals surface area contributed by atoms with Gasteiger partial charge in [0.1, 0.15) is 5.82 Å². The number of thiophene rings is 1. The van der Waals surface area contributed by atoms with Crippen molar-refractivity contribution < 1.29 is 0 Å². The van der Waals surface area contributed by atoms with Crippen LogP contribution in [0.2, 0.25) is 0 Å². The van der Waals surface area contributed by atoms with Gasteiger partial charge in [-0.25, -0.2) is 9.97 Å². The second-order valence-electron chi connectivity index (χ2n) is 4.52. The van der Waals surface area contributed by atoms with E-state index in [4.69, 9.17) is 5.73 Å². The third-order valence-electron chi connectivity index (χ3n) is 2.41. The Hall–Kier alpha value is 0.0200. The Balaban J connectivity index is 2.49. The van der Waals surface area contributed by atoms with Crippen molar-refractivity contribution >= 4 is 64.9 Å². The van der Waals surface area contributed by atoms with Crippen LogP contribution in [0.1, 0.15) is 19.5 Å². The number of nitrogens with zero attached hydrogens (tertiary/aromatic N) is 2.